The van der Waals surface area contributed by atoms with Crippen molar-refractivity contribution in [2.24, 2.45) is 11.5 Å². The quantitative estimate of drug-likeness (QED) is 0.253. The fourth-order valence-corrected chi connectivity index (χ4v) is 3.29. The highest BCUT2D eigenvalue weighted by Crippen LogP contribution is 2.18. The van der Waals surface area contributed by atoms with E-state index in [1.807, 2.05) is 0 Å². The van der Waals surface area contributed by atoms with E-state index in [1.165, 1.54) is 0 Å². The highest BCUT2D eigenvalue weighted by Gasteiger charge is 2.39. The first kappa shape index (κ1) is 25.3. The number of nitrogens with two attached hydrogens (primary N) is 2. The molecule has 0 radical (unpaired) electrons. The summed E-state index contributed by atoms with van der Waals surface area (Å²) in [4.78, 5) is 76.8. The number of hydrogen-bond donors (Lipinski definition) is 2. The standard InChI is InChI=1S/C18H28N6O8/c1-11(21-5-13(25)23(14(26)6-21)9-31-17(29)3-19)12(2)22-7-15(27)24(16(28)8-22)10-32-18(30)4-20/h11-12H,3-10,19-20H2,1-2H3/t11-,12+. The van der Waals surface area contributed by atoms with Gasteiger partial charge in [0.2, 0.25) is 23.6 Å². The molecule has 2 fully saturated rings. The summed E-state index contributed by atoms with van der Waals surface area (Å²) in [5, 5.41) is 0. The summed E-state index contributed by atoms with van der Waals surface area (Å²) in [5.41, 5.74) is 10.3. The van der Waals surface area contributed by atoms with Crippen molar-refractivity contribution in [1.82, 2.24) is 19.6 Å². The van der Waals surface area contributed by atoms with E-state index in [2.05, 4.69) is 0 Å². The van der Waals surface area contributed by atoms with Gasteiger partial charge in [0.05, 0.1) is 39.3 Å². The molecule has 2 rings (SSSR count). The van der Waals surface area contributed by atoms with Gasteiger partial charge in [-0.1, -0.05) is 0 Å². The Kier molecular flexibility index (Phi) is 8.77. The van der Waals surface area contributed by atoms with Crippen molar-refractivity contribution in [3.05, 3.63) is 0 Å². The van der Waals surface area contributed by atoms with E-state index in [0.29, 0.717) is 0 Å². The number of carbonyl (C=O) groups excluding carboxylic acids is 6. The SMILES string of the molecule is C[C@H]([C@H](C)N1CC(=O)N(COC(=O)CN)C(=O)C1)N1CC(=O)N(COC(=O)CN)C(=O)C1. The molecule has 0 unspecified atom stereocenters. The van der Waals surface area contributed by atoms with Crippen LogP contribution in [0.5, 0.6) is 0 Å². The Morgan fingerprint density at radius 1 is 0.719 bits per heavy atom. The molecule has 2 heterocycles. The van der Waals surface area contributed by atoms with E-state index in [9.17, 15) is 28.8 Å². The first-order valence-electron chi connectivity index (χ1n) is 9.94. The van der Waals surface area contributed by atoms with Gasteiger partial charge in [-0.25, -0.2) is 9.80 Å². The molecule has 0 aromatic rings. The number of rotatable bonds is 9. The Morgan fingerprint density at radius 2 is 1.00 bits per heavy atom. The Bertz CT molecular complexity index is 689. The topological polar surface area (TPSA) is 186 Å². The molecule has 2 saturated heterocycles. The summed E-state index contributed by atoms with van der Waals surface area (Å²) in [5.74, 6) is -3.62. The van der Waals surface area contributed by atoms with Gasteiger partial charge in [0, 0.05) is 12.1 Å². The minimum absolute atomic E-state index is 0.103. The number of nitrogens with zero attached hydrogens (tertiary/aromatic N) is 4. The summed E-state index contributed by atoms with van der Waals surface area (Å²) in [6.07, 6.45) is 0. The predicted octanol–water partition coefficient (Wildman–Crippen LogP) is -3.98. The lowest BCUT2D eigenvalue weighted by Crippen LogP contribution is -2.63. The maximum Gasteiger partial charge on any atom is 0.321 e. The third kappa shape index (κ3) is 6.06. The zero-order chi connectivity index (χ0) is 24.0. The van der Waals surface area contributed by atoms with Gasteiger partial charge in [0.1, 0.15) is 0 Å². The molecule has 0 aromatic carbocycles. The van der Waals surface area contributed by atoms with Crippen LogP contribution in [-0.4, -0.2) is 120 Å². The van der Waals surface area contributed by atoms with Gasteiger partial charge in [0.25, 0.3) is 0 Å². The molecule has 2 aliphatic heterocycles. The maximum atomic E-state index is 12.4. The van der Waals surface area contributed by atoms with Crippen molar-refractivity contribution in [2.75, 3.05) is 52.7 Å². The molecular weight excluding hydrogens is 428 g/mol. The lowest BCUT2D eigenvalue weighted by molar-refractivity contribution is -0.168. The molecule has 0 saturated carbocycles. The second-order valence-corrected chi connectivity index (χ2v) is 7.42. The van der Waals surface area contributed by atoms with E-state index >= 15 is 0 Å². The summed E-state index contributed by atoms with van der Waals surface area (Å²) >= 11 is 0. The van der Waals surface area contributed by atoms with Crippen LogP contribution in [0.15, 0.2) is 0 Å². The average Bonchev–Trinajstić information content (AvgIpc) is 2.76. The zero-order valence-corrected chi connectivity index (χ0v) is 18.0. The van der Waals surface area contributed by atoms with Gasteiger partial charge < -0.3 is 20.9 Å². The fraction of sp³-hybridized carbons (Fsp3) is 0.667. The van der Waals surface area contributed by atoms with Crippen molar-refractivity contribution >= 4 is 35.6 Å². The number of ether oxygens (including phenoxy) is 2. The molecule has 2 aliphatic rings. The molecule has 2 atom stereocenters. The Hall–Kier alpha value is -2.94. The number of hydrogen-bond acceptors (Lipinski definition) is 12. The van der Waals surface area contributed by atoms with Crippen LogP contribution >= 0.6 is 0 Å². The number of amides is 4. The van der Waals surface area contributed by atoms with Crippen LogP contribution in [0.4, 0.5) is 0 Å². The van der Waals surface area contributed by atoms with Crippen molar-refractivity contribution < 1.29 is 38.2 Å². The van der Waals surface area contributed by atoms with Gasteiger partial charge in [-0.3, -0.25) is 38.6 Å². The smallest absolute Gasteiger partial charge is 0.321 e. The molecule has 4 N–H and O–H groups in total. The van der Waals surface area contributed by atoms with Crippen molar-refractivity contribution in [3.63, 3.8) is 0 Å². The molecule has 0 aliphatic carbocycles. The summed E-state index contributed by atoms with van der Waals surface area (Å²) in [6, 6.07) is -0.724. The van der Waals surface area contributed by atoms with Gasteiger partial charge >= 0.3 is 11.9 Å². The van der Waals surface area contributed by atoms with E-state index in [0.717, 1.165) is 9.80 Å². The van der Waals surface area contributed by atoms with Crippen LogP contribution in [0.3, 0.4) is 0 Å². The van der Waals surface area contributed by atoms with E-state index in [4.69, 9.17) is 20.9 Å². The minimum atomic E-state index is -0.735. The van der Waals surface area contributed by atoms with Crippen LogP contribution < -0.4 is 11.5 Å². The molecule has 32 heavy (non-hydrogen) atoms. The molecule has 4 amide bonds. The highest BCUT2D eigenvalue weighted by molar-refractivity contribution is 6.00. The fourth-order valence-electron chi connectivity index (χ4n) is 3.29. The van der Waals surface area contributed by atoms with Crippen LogP contribution in [0.2, 0.25) is 0 Å². The first-order valence-corrected chi connectivity index (χ1v) is 9.94. The maximum absolute atomic E-state index is 12.4. The third-order valence-electron chi connectivity index (χ3n) is 5.45. The largest absolute Gasteiger partial charge is 0.443 e. The highest BCUT2D eigenvalue weighted by atomic mass is 16.6. The molecule has 0 aromatic heterocycles. The lowest BCUT2D eigenvalue weighted by Gasteiger charge is -2.43. The van der Waals surface area contributed by atoms with Gasteiger partial charge in [-0.15, -0.1) is 0 Å². The molecule has 178 valence electrons. The van der Waals surface area contributed by atoms with E-state index in [-0.39, 0.29) is 51.4 Å². The summed E-state index contributed by atoms with van der Waals surface area (Å²) in [6.45, 7) is 1.43. The van der Waals surface area contributed by atoms with Crippen molar-refractivity contribution in [1.29, 1.82) is 0 Å². The van der Waals surface area contributed by atoms with E-state index < -0.39 is 49.0 Å². The molecule has 14 nitrogen and oxygen atoms in total. The van der Waals surface area contributed by atoms with Crippen LogP contribution in [0.1, 0.15) is 13.8 Å². The number of piperazine rings is 2. The summed E-state index contributed by atoms with van der Waals surface area (Å²) in [7, 11) is 0. The molecule has 0 bridgehead atoms. The van der Waals surface area contributed by atoms with Crippen molar-refractivity contribution in [2.45, 2.75) is 25.9 Å². The second kappa shape index (κ2) is 11.1. The summed E-state index contributed by atoms with van der Waals surface area (Å²) < 4.78 is 9.52. The second-order valence-electron chi connectivity index (χ2n) is 7.42. The van der Waals surface area contributed by atoms with Gasteiger partial charge in [-0.05, 0) is 13.8 Å². The van der Waals surface area contributed by atoms with Gasteiger partial charge in [0.15, 0.2) is 13.5 Å². The predicted molar refractivity (Wildman–Crippen MR) is 106 cm³/mol. The van der Waals surface area contributed by atoms with Crippen LogP contribution in [0, 0.1) is 0 Å². The molecule has 0 spiro atoms. The van der Waals surface area contributed by atoms with Crippen LogP contribution in [0.25, 0.3) is 0 Å². The lowest BCUT2D eigenvalue weighted by atomic mass is 10.1. The number of imide groups is 2. The molecule has 14 heteroatoms. The van der Waals surface area contributed by atoms with E-state index in [1.54, 1.807) is 23.6 Å². The average molecular weight is 456 g/mol. The van der Waals surface area contributed by atoms with Crippen molar-refractivity contribution in [3.8, 4) is 0 Å². The molecular formula is C18H28N6O8. The normalized spacial score (nSPS) is 20.4. The third-order valence-corrected chi connectivity index (χ3v) is 5.45. The van der Waals surface area contributed by atoms with Crippen LogP contribution in [-0.2, 0) is 38.2 Å². The number of carbonyl (C=O) groups is 6. The first-order chi connectivity index (χ1) is 15.1. The Balaban J connectivity index is 1.94. The minimum Gasteiger partial charge on any atom is -0.443 e. The Morgan fingerprint density at radius 3 is 1.25 bits per heavy atom. The monoisotopic (exact) mass is 456 g/mol. The van der Waals surface area contributed by atoms with Gasteiger partial charge in [-0.2, -0.15) is 0 Å². The number of esters is 2. The zero-order valence-electron chi connectivity index (χ0n) is 18.0. The Labute approximate surface area is 184 Å².